The summed E-state index contributed by atoms with van der Waals surface area (Å²) in [5, 5.41) is 20.2. The Kier molecular flexibility index (Phi) is 4.82. The van der Waals surface area contributed by atoms with Gasteiger partial charge in [-0.1, -0.05) is 6.07 Å². The molecule has 0 aromatic heterocycles. The second-order valence-electron chi connectivity index (χ2n) is 4.15. The summed E-state index contributed by atoms with van der Waals surface area (Å²) in [4.78, 5) is 23.2. The molecule has 0 amide bonds. The Bertz CT molecular complexity index is 457. The average molecular weight is 268 g/mol. The van der Waals surface area contributed by atoms with E-state index in [2.05, 4.69) is 0 Å². The van der Waals surface area contributed by atoms with Crippen molar-refractivity contribution in [2.75, 3.05) is 25.7 Å². The van der Waals surface area contributed by atoms with E-state index < -0.39 is 10.9 Å². The minimum atomic E-state index is -1.20. The molecule has 104 valence electrons. The molecule has 7 heteroatoms. The van der Waals surface area contributed by atoms with Crippen LogP contribution in [0.3, 0.4) is 0 Å². The molecule has 1 atom stereocenters. The lowest BCUT2D eigenvalue weighted by Gasteiger charge is -2.27. The number of methoxy groups -OCH3 is 1. The highest BCUT2D eigenvalue weighted by atomic mass is 16.6. The number of hydrogen-bond donors (Lipinski definition) is 1. The Hall–Kier alpha value is -2.15. The molecule has 0 saturated carbocycles. The SMILES string of the molecule is COCC(C)N(C)c1c(C(=O)O)cccc1[N+](=O)[O-]. The van der Waals surface area contributed by atoms with Crippen molar-refractivity contribution in [1.29, 1.82) is 0 Å². The third-order valence-corrected chi connectivity index (χ3v) is 2.86. The number of nitrogens with zero attached hydrogens (tertiary/aromatic N) is 2. The normalized spacial score (nSPS) is 11.9. The first kappa shape index (κ1) is 14.9. The molecular formula is C12H16N2O5. The van der Waals surface area contributed by atoms with Gasteiger partial charge in [0.15, 0.2) is 0 Å². The van der Waals surface area contributed by atoms with Gasteiger partial charge in [0.1, 0.15) is 5.69 Å². The predicted molar refractivity (Wildman–Crippen MR) is 69.8 cm³/mol. The molecule has 1 aromatic rings. The van der Waals surface area contributed by atoms with Gasteiger partial charge < -0.3 is 14.7 Å². The van der Waals surface area contributed by atoms with E-state index in [0.717, 1.165) is 0 Å². The summed E-state index contributed by atoms with van der Waals surface area (Å²) in [5.74, 6) is -1.20. The maximum absolute atomic E-state index is 11.2. The summed E-state index contributed by atoms with van der Waals surface area (Å²) in [5.41, 5.74) is -0.241. The van der Waals surface area contributed by atoms with Crippen molar-refractivity contribution in [3.63, 3.8) is 0 Å². The van der Waals surface area contributed by atoms with Gasteiger partial charge in [-0.15, -0.1) is 0 Å². The van der Waals surface area contributed by atoms with Crippen molar-refractivity contribution < 1.29 is 19.6 Å². The van der Waals surface area contributed by atoms with Gasteiger partial charge in [-0.3, -0.25) is 10.1 Å². The Morgan fingerprint density at radius 3 is 2.68 bits per heavy atom. The highest BCUT2D eigenvalue weighted by Crippen LogP contribution is 2.32. The summed E-state index contributed by atoms with van der Waals surface area (Å²) in [7, 11) is 3.13. The molecule has 0 bridgehead atoms. The number of benzene rings is 1. The van der Waals surface area contributed by atoms with Crippen LogP contribution in [0.5, 0.6) is 0 Å². The van der Waals surface area contributed by atoms with Gasteiger partial charge in [0.2, 0.25) is 0 Å². The number of anilines is 1. The Labute approximate surface area is 110 Å². The molecule has 1 unspecified atom stereocenters. The second kappa shape index (κ2) is 6.14. The van der Waals surface area contributed by atoms with Crippen molar-refractivity contribution in [3.05, 3.63) is 33.9 Å². The number of aromatic carboxylic acids is 1. The number of para-hydroxylation sites is 1. The smallest absolute Gasteiger partial charge is 0.338 e. The first-order valence-electron chi connectivity index (χ1n) is 5.62. The van der Waals surface area contributed by atoms with Gasteiger partial charge >= 0.3 is 5.97 Å². The molecule has 0 saturated heterocycles. The van der Waals surface area contributed by atoms with Crippen molar-refractivity contribution in [2.45, 2.75) is 13.0 Å². The number of nitro groups is 1. The van der Waals surface area contributed by atoms with Crippen LogP contribution in [0.1, 0.15) is 17.3 Å². The molecule has 1 N–H and O–H groups in total. The lowest BCUT2D eigenvalue weighted by molar-refractivity contribution is -0.384. The predicted octanol–water partition coefficient (Wildman–Crippen LogP) is 1.76. The Morgan fingerprint density at radius 2 is 2.21 bits per heavy atom. The van der Waals surface area contributed by atoms with Gasteiger partial charge in [-0.2, -0.15) is 0 Å². The van der Waals surface area contributed by atoms with Crippen molar-refractivity contribution in [3.8, 4) is 0 Å². The number of hydrogen-bond acceptors (Lipinski definition) is 5. The zero-order valence-corrected chi connectivity index (χ0v) is 11.0. The van der Waals surface area contributed by atoms with Gasteiger partial charge in [0.05, 0.1) is 17.1 Å². The molecule has 0 spiro atoms. The van der Waals surface area contributed by atoms with Crippen LogP contribution in [0, 0.1) is 10.1 Å². The molecule has 19 heavy (non-hydrogen) atoms. The van der Waals surface area contributed by atoms with E-state index in [1.807, 2.05) is 0 Å². The average Bonchev–Trinajstić information content (AvgIpc) is 2.36. The monoisotopic (exact) mass is 268 g/mol. The third-order valence-electron chi connectivity index (χ3n) is 2.86. The summed E-state index contributed by atoms with van der Waals surface area (Å²) in [6, 6.07) is 3.81. The Morgan fingerprint density at radius 1 is 1.58 bits per heavy atom. The number of nitro benzene ring substituents is 1. The number of ether oxygens (including phenoxy) is 1. The zero-order valence-electron chi connectivity index (χ0n) is 11.0. The van der Waals surface area contributed by atoms with Gasteiger partial charge in [0.25, 0.3) is 5.69 Å². The van der Waals surface area contributed by atoms with Gasteiger partial charge in [-0.25, -0.2) is 4.79 Å². The fraction of sp³-hybridized carbons (Fsp3) is 0.417. The van der Waals surface area contributed by atoms with E-state index in [-0.39, 0.29) is 23.0 Å². The van der Waals surface area contributed by atoms with Crippen molar-refractivity contribution in [1.82, 2.24) is 0 Å². The third kappa shape index (κ3) is 3.19. The number of likely N-dealkylation sites (N-methyl/N-ethyl adjacent to an activating group) is 1. The zero-order chi connectivity index (χ0) is 14.6. The lowest BCUT2D eigenvalue weighted by Crippen LogP contribution is -2.34. The van der Waals surface area contributed by atoms with Crippen molar-refractivity contribution >= 4 is 17.3 Å². The van der Waals surface area contributed by atoms with Crippen LogP contribution in [-0.4, -0.2) is 42.8 Å². The summed E-state index contributed by atoms with van der Waals surface area (Å²) < 4.78 is 4.99. The van der Waals surface area contributed by atoms with Crippen LogP contribution in [-0.2, 0) is 4.74 Å². The maximum atomic E-state index is 11.2. The lowest BCUT2D eigenvalue weighted by atomic mass is 10.1. The molecule has 0 heterocycles. The molecule has 7 nitrogen and oxygen atoms in total. The van der Waals surface area contributed by atoms with E-state index in [4.69, 9.17) is 9.84 Å². The summed E-state index contributed by atoms with van der Waals surface area (Å²) >= 11 is 0. The topological polar surface area (TPSA) is 92.9 Å². The fourth-order valence-corrected chi connectivity index (χ4v) is 1.80. The number of carbonyl (C=O) groups is 1. The van der Waals surface area contributed by atoms with Crippen LogP contribution in [0.15, 0.2) is 18.2 Å². The van der Waals surface area contributed by atoms with E-state index in [0.29, 0.717) is 6.61 Å². The van der Waals surface area contributed by atoms with E-state index in [1.165, 1.54) is 25.3 Å². The minimum absolute atomic E-state index is 0.0875. The van der Waals surface area contributed by atoms with Crippen LogP contribution < -0.4 is 4.90 Å². The fourth-order valence-electron chi connectivity index (χ4n) is 1.80. The quantitative estimate of drug-likeness (QED) is 0.624. The highest BCUT2D eigenvalue weighted by molar-refractivity contribution is 5.97. The standard InChI is InChI=1S/C12H16N2O5/c1-8(7-19-3)13(2)11-9(12(15)16)5-4-6-10(11)14(17)18/h4-6,8H,7H2,1-3H3,(H,15,16). The molecule has 0 radical (unpaired) electrons. The van der Waals surface area contributed by atoms with Gasteiger partial charge in [0, 0.05) is 26.3 Å². The second-order valence-corrected chi connectivity index (χ2v) is 4.15. The van der Waals surface area contributed by atoms with Crippen LogP contribution in [0.2, 0.25) is 0 Å². The van der Waals surface area contributed by atoms with Crippen LogP contribution in [0.25, 0.3) is 0 Å². The van der Waals surface area contributed by atoms with Crippen LogP contribution in [0.4, 0.5) is 11.4 Å². The first-order chi connectivity index (χ1) is 8.90. The van der Waals surface area contributed by atoms with Crippen LogP contribution >= 0.6 is 0 Å². The first-order valence-corrected chi connectivity index (χ1v) is 5.62. The maximum Gasteiger partial charge on any atom is 0.338 e. The molecule has 1 rings (SSSR count). The molecule has 0 aliphatic rings. The number of carboxylic acids is 1. The van der Waals surface area contributed by atoms with E-state index in [9.17, 15) is 14.9 Å². The molecule has 1 aromatic carbocycles. The van der Waals surface area contributed by atoms with E-state index >= 15 is 0 Å². The van der Waals surface area contributed by atoms with Gasteiger partial charge in [-0.05, 0) is 13.0 Å². The molecular weight excluding hydrogens is 252 g/mol. The Balaban J connectivity index is 3.36. The van der Waals surface area contributed by atoms with E-state index in [1.54, 1.807) is 18.9 Å². The molecule has 0 aliphatic heterocycles. The number of carboxylic acid groups (broad SMARTS) is 1. The highest BCUT2D eigenvalue weighted by Gasteiger charge is 2.26. The molecule has 0 fully saturated rings. The molecule has 0 aliphatic carbocycles. The minimum Gasteiger partial charge on any atom is -0.478 e. The summed E-state index contributed by atoms with van der Waals surface area (Å²) in [6.07, 6.45) is 0. The largest absolute Gasteiger partial charge is 0.478 e. The summed E-state index contributed by atoms with van der Waals surface area (Å²) in [6.45, 7) is 2.13. The van der Waals surface area contributed by atoms with Crippen molar-refractivity contribution in [2.24, 2.45) is 0 Å². The number of rotatable bonds is 6.